The van der Waals surface area contributed by atoms with Crippen molar-refractivity contribution in [1.82, 2.24) is 4.72 Å². The zero-order chi connectivity index (χ0) is 18.7. The van der Waals surface area contributed by atoms with Gasteiger partial charge in [0.05, 0.1) is 15.5 Å². The van der Waals surface area contributed by atoms with E-state index in [1.807, 2.05) is 35.0 Å². The molecule has 2 aromatic carbocycles. The Morgan fingerprint density at radius 2 is 1.88 bits per heavy atom. The van der Waals surface area contributed by atoms with Gasteiger partial charge in [0, 0.05) is 5.69 Å². The van der Waals surface area contributed by atoms with E-state index >= 15 is 0 Å². The zero-order valence-electron chi connectivity index (χ0n) is 13.7. The molecule has 3 rings (SSSR count). The Morgan fingerprint density at radius 1 is 1.08 bits per heavy atom. The molecule has 0 atom stereocenters. The van der Waals surface area contributed by atoms with E-state index in [4.69, 9.17) is 11.6 Å². The lowest BCUT2D eigenvalue weighted by Gasteiger charge is -2.10. The molecular weight excluding hydrogens is 392 g/mol. The summed E-state index contributed by atoms with van der Waals surface area (Å²) in [5.74, 6) is -0.481. The van der Waals surface area contributed by atoms with Gasteiger partial charge in [0.25, 0.3) is 5.91 Å². The molecule has 0 spiro atoms. The van der Waals surface area contributed by atoms with Crippen LogP contribution in [0.3, 0.4) is 0 Å². The smallest absolute Gasteiger partial charge is 0.257 e. The summed E-state index contributed by atoms with van der Waals surface area (Å²) < 4.78 is 26.1. The highest BCUT2D eigenvalue weighted by molar-refractivity contribution is 7.89. The van der Waals surface area contributed by atoms with Gasteiger partial charge in [-0.05, 0) is 65.3 Å². The summed E-state index contributed by atoms with van der Waals surface area (Å²) in [6, 6.07) is 13.4. The van der Waals surface area contributed by atoms with Crippen molar-refractivity contribution in [2.24, 2.45) is 0 Å². The summed E-state index contributed by atoms with van der Waals surface area (Å²) in [6.45, 7) is 0. The molecular formula is C18H15ClN2O3S2. The topological polar surface area (TPSA) is 75.3 Å². The highest BCUT2D eigenvalue weighted by atomic mass is 35.5. The predicted molar refractivity (Wildman–Crippen MR) is 105 cm³/mol. The van der Waals surface area contributed by atoms with Crippen LogP contribution in [0.1, 0.15) is 10.4 Å². The Labute approximate surface area is 160 Å². The number of hydrogen-bond acceptors (Lipinski definition) is 4. The van der Waals surface area contributed by atoms with Crippen LogP contribution < -0.4 is 10.0 Å². The van der Waals surface area contributed by atoms with E-state index < -0.39 is 15.9 Å². The van der Waals surface area contributed by atoms with Crippen molar-refractivity contribution in [2.45, 2.75) is 4.90 Å². The second-order valence-corrected chi connectivity index (χ2v) is 8.47. The largest absolute Gasteiger partial charge is 0.322 e. The van der Waals surface area contributed by atoms with Gasteiger partial charge in [-0.25, -0.2) is 13.1 Å². The Hall–Kier alpha value is -2.19. The SMILES string of the molecule is CNS(=O)(=O)c1ccc(Cl)c(C(=O)Nc2cccc(-c3ccsc3)c2)c1. The van der Waals surface area contributed by atoms with Crippen LogP contribution in [-0.4, -0.2) is 21.4 Å². The van der Waals surface area contributed by atoms with Gasteiger partial charge in [-0.15, -0.1) is 0 Å². The molecule has 8 heteroatoms. The van der Waals surface area contributed by atoms with Crippen molar-refractivity contribution in [2.75, 3.05) is 12.4 Å². The summed E-state index contributed by atoms with van der Waals surface area (Å²) in [5, 5.41) is 6.93. The predicted octanol–water partition coefficient (Wildman–Crippen LogP) is 4.23. The normalized spacial score (nSPS) is 11.3. The first kappa shape index (κ1) is 18.6. The van der Waals surface area contributed by atoms with Crippen molar-refractivity contribution < 1.29 is 13.2 Å². The molecule has 0 radical (unpaired) electrons. The van der Waals surface area contributed by atoms with Gasteiger partial charge in [-0.2, -0.15) is 11.3 Å². The monoisotopic (exact) mass is 406 g/mol. The van der Waals surface area contributed by atoms with Crippen LogP contribution in [0.2, 0.25) is 5.02 Å². The Bertz CT molecular complexity index is 1050. The van der Waals surface area contributed by atoms with E-state index in [2.05, 4.69) is 10.0 Å². The number of carbonyl (C=O) groups is 1. The van der Waals surface area contributed by atoms with E-state index in [9.17, 15) is 13.2 Å². The molecule has 1 amide bonds. The summed E-state index contributed by atoms with van der Waals surface area (Å²) in [6.07, 6.45) is 0. The Balaban J connectivity index is 1.89. The summed E-state index contributed by atoms with van der Waals surface area (Å²) in [5.41, 5.74) is 2.72. The lowest BCUT2D eigenvalue weighted by atomic mass is 10.1. The van der Waals surface area contributed by atoms with Crippen LogP contribution >= 0.6 is 22.9 Å². The van der Waals surface area contributed by atoms with Gasteiger partial charge in [0.1, 0.15) is 0 Å². The molecule has 0 aliphatic rings. The van der Waals surface area contributed by atoms with Crippen molar-refractivity contribution in [3.05, 3.63) is 69.9 Å². The van der Waals surface area contributed by atoms with Gasteiger partial charge in [0.2, 0.25) is 10.0 Å². The number of hydrogen-bond donors (Lipinski definition) is 2. The third-order valence-corrected chi connectivity index (χ3v) is 6.16. The molecule has 1 aromatic heterocycles. The van der Waals surface area contributed by atoms with E-state index in [0.717, 1.165) is 11.1 Å². The van der Waals surface area contributed by atoms with Crippen molar-refractivity contribution in [1.29, 1.82) is 0 Å². The van der Waals surface area contributed by atoms with Gasteiger partial charge in [0.15, 0.2) is 0 Å². The van der Waals surface area contributed by atoms with E-state index in [-0.39, 0.29) is 15.5 Å². The standard InChI is InChI=1S/C18H15ClN2O3S2/c1-20-26(23,24)15-5-6-17(19)16(10-15)18(22)21-14-4-2-3-12(9-14)13-7-8-25-11-13/h2-11,20H,1H3,(H,21,22). The van der Waals surface area contributed by atoms with E-state index in [1.54, 1.807) is 17.4 Å². The first-order chi connectivity index (χ1) is 12.4. The van der Waals surface area contributed by atoms with Gasteiger partial charge in [-0.3, -0.25) is 4.79 Å². The number of carbonyl (C=O) groups excluding carboxylic acids is 1. The lowest BCUT2D eigenvalue weighted by molar-refractivity contribution is 0.102. The average molecular weight is 407 g/mol. The van der Waals surface area contributed by atoms with Crippen LogP contribution in [0.15, 0.2) is 64.2 Å². The number of rotatable bonds is 5. The quantitative estimate of drug-likeness (QED) is 0.665. The number of amides is 1. The molecule has 0 saturated heterocycles. The maximum absolute atomic E-state index is 12.6. The van der Waals surface area contributed by atoms with Crippen molar-refractivity contribution in [3.63, 3.8) is 0 Å². The van der Waals surface area contributed by atoms with E-state index in [1.165, 1.54) is 25.2 Å². The number of sulfonamides is 1. The molecule has 134 valence electrons. The minimum absolute atomic E-state index is 0.0263. The average Bonchev–Trinajstić information content (AvgIpc) is 3.17. The van der Waals surface area contributed by atoms with Crippen LogP contribution in [0, 0.1) is 0 Å². The summed E-state index contributed by atoms with van der Waals surface area (Å²) in [4.78, 5) is 12.6. The molecule has 0 bridgehead atoms. The highest BCUT2D eigenvalue weighted by Gasteiger charge is 2.17. The van der Waals surface area contributed by atoms with Crippen LogP contribution in [0.5, 0.6) is 0 Å². The highest BCUT2D eigenvalue weighted by Crippen LogP contribution is 2.26. The number of thiophene rings is 1. The third kappa shape index (κ3) is 3.96. The first-order valence-corrected chi connectivity index (χ1v) is 10.4. The van der Waals surface area contributed by atoms with Crippen LogP contribution in [0.25, 0.3) is 11.1 Å². The fourth-order valence-electron chi connectivity index (χ4n) is 2.37. The Kier molecular flexibility index (Phi) is 5.43. The maximum Gasteiger partial charge on any atom is 0.257 e. The fraction of sp³-hybridized carbons (Fsp3) is 0.0556. The molecule has 0 aliphatic carbocycles. The molecule has 2 N–H and O–H groups in total. The maximum atomic E-state index is 12.6. The number of halogens is 1. The molecule has 0 aliphatic heterocycles. The molecule has 26 heavy (non-hydrogen) atoms. The third-order valence-electron chi connectivity index (χ3n) is 3.74. The van der Waals surface area contributed by atoms with Crippen molar-refractivity contribution in [3.8, 4) is 11.1 Å². The van der Waals surface area contributed by atoms with Crippen molar-refractivity contribution >= 4 is 44.6 Å². The van der Waals surface area contributed by atoms with E-state index in [0.29, 0.717) is 5.69 Å². The lowest BCUT2D eigenvalue weighted by Crippen LogP contribution is -2.20. The van der Waals surface area contributed by atoms with Crippen LogP contribution in [0.4, 0.5) is 5.69 Å². The van der Waals surface area contributed by atoms with Gasteiger partial charge < -0.3 is 5.32 Å². The Morgan fingerprint density at radius 3 is 2.58 bits per heavy atom. The van der Waals surface area contributed by atoms with Gasteiger partial charge >= 0.3 is 0 Å². The molecule has 0 saturated carbocycles. The number of benzene rings is 2. The molecule has 3 aromatic rings. The second-order valence-electron chi connectivity index (χ2n) is 5.40. The molecule has 1 heterocycles. The minimum Gasteiger partial charge on any atom is -0.322 e. The minimum atomic E-state index is -3.67. The first-order valence-electron chi connectivity index (χ1n) is 7.58. The summed E-state index contributed by atoms with van der Waals surface area (Å²) >= 11 is 7.68. The molecule has 0 unspecified atom stereocenters. The molecule has 0 fully saturated rings. The fourth-order valence-corrected chi connectivity index (χ4v) is 3.99. The number of nitrogens with one attached hydrogen (secondary N) is 2. The number of anilines is 1. The zero-order valence-corrected chi connectivity index (χ0v) is 16.1. The van der Waals surface area contributed by atoms with Gasteiger partial charge in [-0.1, -0.05) is 23.7 Å². The summed E-state index contributed by atoms with van der Waals surface area (Å²) in [7, 11) is -2.36. The molecule has 5 nitrogen and oxygen atoms in total. The van der Waals surface area contributed by atoms with Crippen LogP contribution in [-0.2, 0) is 10.0 Å². The second kappa shape index (κ2) is 7.59.